The first-order valence-electron chi connectivity index (χ1n) is 8.10. The number of carboxylic acid groups (broad SMARTS) is 1. The largest absolute Gasteiger partial charge is 0.508 e. The minimum Gasteiger partial charge on any atom is -0.508 e. The number of aromatic carboxylic acids is 1. The van der Waals surface area contributed by atoms with Crippen LogP contribution in [0.15, 0.2) is 42.7 Å². The minimum atomic E-state index is -0.988. The highest BCUT2D eigenvalue weighted by Gasteiger charge is 2.08. The lowest BCUT2D eigenvalue weighted by Gasteiger charge is -2.06. The van der Waals surface area contributed by atoms with E-state index in [-0.39, 0.29) is 11.3 Å². The number of phenolic OH excluding ortho intramolecular Hbond substituents is 1. The van der Waals surface area contributed by atoms with Crippen LogP contribution in [0.2, 0.25) is 5.02 Å². The smallest absolute Gasteiger partial charge is 0.335 e. The lowest BCUT2D eigenvalue weighted by molar-refractivity contribution is 0.0696. The molecule has 1 aromatic heterocycles. The number of benzene rings is 2. The number of hydrogen-bond acceptors (Lipinski definition) is 5. The van der Waals surface area contributed by atoms with Gasteiger partial charge in [-0.15, -0.1) is 5.10 Å². The highest BCUT2D eigenvalue weighted by molar-refractivity contribution is 6.31. The number of tetrazole rings is 1. The van der Waals surface area contributed by atoms with Gasteiger partial charge in [-0.2, -0.15) is 0 Å². The van der Waals surface area contributed by atoms with E-state index in [9.17, 15) is 15.0 Å². The van der Waals surface area contributed by atoms with E-state index >= 15 is 0 Å². The van der Waals surface area contributed by atoms with Crippen LogP contribution in [0.4, 0.5) is 0 Å². The van der Waals surface area contributed by atoms with Crippen molar-refractivity contribution in [2.24, 2.45) is 0 Å². The molecule has 0 aliphatic carbocycles. The van der Waals surface area contributed by atoms with E-state index in [0.29, 0.717) is 23.6 Å². The van der Waals surface area contributed by atoms with Gasteiger partial charge in [0.05, 0.1) is 10.6 Å². The fourth-order valence-electron chi connectivity index (χ4n) is 2.51. The first-order valence-corrected chi connectivity index (χ1v) is 8.48. The summed E-state index contributed by atoms with van der Waals surface area (Å²) in [5.74, 6) is 5.10. The average molecular weight is 383 g/mol. The molecule has 27 heavy (non-hydrogen) atoms. The van der Waals surface area contributed by atoms with E-state index in [4.69, 9.17) is 11.6 Å². The van der Waals surface area contributed by atoms with Gasteiger partial charge in [0.25, 0.3) is 0 Å². The van der Waals surface area contributed by atoms with Crippen molar-refractivity contribution in [1.29, 1.82) is 0 Å². The van der Waals surface area contributed by atoms with Gasteiger partial charge in [0.1, 0.15) is 12.1 Å². The molecular formula is C19H15ClN4O3. The van der Waals surface area contributed by atoms with Crippen LogP contribution in [0, 0.1) is 11.8 Å². The molecule has 0 saturated carbocycles. The van der Waals surface area contributed by atoms with Gasteiger partial charge in [-0.25, -0.2) is 9.48 Å². The zero-order valence-corrected chi connectivity index (χ0v) is 14.9. The molecule has 0 unspecified atom stereocenters. The van der Waals surface area contributed by atoms with E-state index in [2.05, 4.69) is 27.4 Å². The molecule has 0 aliphatic rings. The van der Waals surface area contributed by atoms with Crippen LogP contribution in [-0.2, 0) is 13.0 Å². The fourth-order valence-corrected chi connectivity index (χ4v) is 2.73. The van der Waals surface area contributed by atoms with Gasteiger partial charge >= 0.3 is 5.97 Å². The van der Waals surface area contributed by atoms with Crippen LogP contribution < -0.4 is 0 Å². The molecule has 0 radical (unpaired) electrons. The quantitative estimate of drug-likeness (QED) is 0.658. The normalized spacial score (nSPS) is 10.3. The number of hydrogen-bond donors (Lipinski definition) is 2. The highest BCUT2D eigenvalue weighted by Crippen LogP contribution is 2.21. The molecule has 3 rings (SSSR count). The second-order valence-electron chi connectivity index (χ2n) is 5.77. The van der Waals surface area contributed by atoms with Crippen molar-refractivity contribution in [3.8, 4) is 17.6 Å². The summed E-state index contributed by atoms with van der Waals surface area (Å²) in [6, 6.07) is 9.41. The van der Waals surface area contributed by atoms with Crippen molar-refractivity contribution < 1.29 is 15.0 Å². The molecule has 0 amide bonds. The lowest BCUT2D eigenvalue weighted by atomic mass is 9.99. The van der Waals surface area contributed by atoms with Crippen LogP contribution in [0.3, 0.4) is 0 Å². The van der Waals surface area contributed by atoms with Crippen LogP contribution in [0.25, 0.3) is 0 Å². The Bertz CT molecular complexity index is 1020. The predicted molar refractivity (Wildman–Crippen MR) is 98.6 cm³/mol. The maximum absolute atomic E-state index is 11.3. The van der Waals surface area contributed by atoms with Crippen LogP contribution >= 0.6 is 11.6 Å². The third-order valence-electron chi connectivity index (χ3n) is 3.86. The molecule has 0 spiro atoms. The van der Waals surface area contributed by atoms with E-state index in [0.717, 1.165) is 17.5 Å². The Balaban J connectivity index is 1.85. The zero-order valence-electron chi connectivity index (χ0n) is 14.1. The van der Waals surface area contributed by atoms with Crippen LogP contribution in [-0.4, -0.2) is 36.4 Å². The van der Waals surface area contributed by atoms with E-state index < -0.39 is 5.97 Å². The summed E-state index contributed by atoms with van der Waals surface area (Å²) in [6.45, 7) is 0.612. The van der Waals surface area contributed by atoms with Crippen molar-refractivity contribution in [3.63, 3.8) is 0 Å². The van der Waals surface area contributed by atoms with E-state index in [1.807, 2.05) is 0 Å². The number of aromatic nitrogens is 4. The molecule has 8 heteroatoms. The summed E-state index contributed by atoms with van der Waals surface area (Å²) >= 11 is 6.08. The van der Waals surface area contributed by atoms with Crippen LogP contribution in [0.1, 0.15) is 33.5 Å². The summed E-state index contributed by atoms with van der Waals surface area (Å²) in [4.78, 5) is 11.3. The fraction of sp³-hybridized carbons (Fsp3) is 0.158. The number of aromatic hydroxyl groups is 1. The van der Waals surface area contributed by atoms with E-state index in [1.54, 1.807) is 22.9 Å². The number of phenols is 1. The molecule has 1 heterocycles. The molecule has 0 aliphatic heterocycles. The van der Waals surface area contributed by atoms with Gasteiger partial charge in [-0.3, -0.25) is 0 Å². The maximum Gasteiger partial charge on any atom is 0.335 e. The van der Waals surface area contributed by atoms with Gasteiger partial charge in [0.2, 0.25) is 0 Å². The Morgan fingerprint density at radius 1 is 1.15 bits per heavy atom. The number of carbonyl (C=O) groups is 1. The maximum atomic E-state index is 11.3. The minimum absolute atomic E-state index is 0.0691. The van der Waals surface area contributed by atoms with Gasteiger partial charge in [-0.1, -0.05) is 23.4 Å². The molecule has 136 valence electrons. The van der Waals surface area contributed by atoms with Crippen molar-refractivity contribution in [1.82, 2.24) is 20.2 Å². The molecule has 0 bridgehead atoms. The number of carboxylic acids is 1. The summed E-state index contributed by atoms with van der Waals surface area (Å²) in [5.41, 5.74) is 2.34. The Morgan fingerprint density at radius 2 is 1.93 bits per heavy atom. The first-order chi connectivity index (χ1) is 13.0. The van der Waals surface area contributed by atoms with Crippen molar-refractivity contribution in [3.05, 3.63) is 70.0 Å². The SMILES string of the molecule is O=C(O)c1ccc(C#Cc2ccc(O)cc2Cl)c(CCCn2cnnn2)c1. The predicted octanol–water partition coefficient (Wildman–Crippen LogP) is 2.76. The molecule has 0 atom stereocenters. The lowest BCUT2D eigenvalue weighted by Crippen LogP contribution is -2.03. The zero-order chi connectivity index (χ0) is 19.2. The molecule has 7 nitrogen and oxygen atoms in total. The summed E-state index contributed by atoms with van der Waals surface area (Å²) < 4.78 is 1.61. The molecule has 2 aromatic carbocycles. The monoisotopic (exact) mass is 382 g/mol. The molecular weight excluding hydrogens is 368 g/mol. The van der Waals surface area contributed by atoms with Gasteiger partial charge in [0, 0.05) is 17.7 Å². The van der Waals surface area contributed by atoms with Crippen LogP contribution in [0.5, 0.6) is 5.75 Å². The summed E-state index contributed by atoms with van der Waals surface area (Å²) in [6.07, 6.45) is 2.87. The second-order valence-corrected chi connectivity index (χ2v) is 6.17. The number of aryl methyl sites for hydroxylation is 2. The standard InChI is InChI=1S/C19H15ClN4O3/c20-18-11-17(25)8-7-14(18)5-3-13-4-6-16(19(26)27)10-15(13)2-1-9-24-12-21-22-23-24/h4,6-8,10-12,25H,1-2,9H2,(H,26,27). The Kier molecular flexibility index (Phi) is 5.69. The Morgan fingerprint density at radius 3 is 2.63 bits per heavy atom. The number of nitrogens with zero attached hydrogens (tertiary/aromatic N) is 4. The van der Waals surface area contributed by atoms with Crippen molar-refractivity contribution >= 4 is 17.6 Å². The topological polar surface area (TPSA) is 101 Å². The molecule has 0 fully saturated rings. The van der Waals surface area contributed by atoms with Crippen molar-refractivity contribution in [2.45, 2.75) is 19.4 Å². The average Bonchev–Trinajstić information content (AvgIpc) is 3.15. The third kappa shape index (κ3) is 4.84. The van der Waals surface area contributed by atoms with Gasteiger partial charge in [-0.05, 0) is 65.2 Å². The summed E-state index contributed by atoms with van der Waals surface area (Å²) in [7, 11) is 0. The number of halogens is 1. The van der Waals surface area contributed by atoms with Crippen molar-refractivity contribution in [2.75, 3.05) is 0 Å². The Labute approximate surface area is 160 Å². The second kappa shape index (κ2) is 8.34. The molecule has 0 saturated heterocycles. The van der Waals surface area contributed by atoms with Gasteiger partial charge in [0.15, 0.2) is 0 Å². The molecule has 3 aromatic rings. The van der Waals surface area contributed by atoms with E-state index in [1.165, 1.54) is 24.5 Å². The number of rotatable bonds is 5. The summed E-state index contributed by atoms with van der Waals surface area (Å²) in [5, 5.41) is 30.0. The molecule has 2 N–H and O–H groups in total. The Hall–Kier alpha value is -3.37. The first kappa shape index (κ1) is 18.4. The highest BCUT2D eigenvalue weighted by atomic mass is 35.5. The third-order valence-corrected chi connectivity index (χ3v) is 4.17. The van der Waals surface area contributed by atoms with Gasteiger partial charge < -0.3 is 10.2 Å².